The fourth-order valence-electron chi connectivity index (χ4n) is 2.84. The molecule has 4 nitrogen and oxygen atoms in total. The molecule has 0 bridgehead atoms. The zero-order valence-electron chi connectivity index (χ0n) is 13.2. The molecule has 0 atom stereocenters. The second-order valence-corrected chi connectivity index (χ2v) is 6.95. The van der Waals surface area contributed by atoms with Gasteiger partial charge in [0, 0.05) is 13.1 Å². The van der Waals surface area contributed by atoms with Gasteiger partial charge in [0.05, 0.1) is 6.54 Å². The summed E-state index contributed by atoms with van der Waals surface area (Å²) >= 11 is 0. The largest absolute Gasteiger partial charge is 0.475 e. The third-order valence-electron chi connectivity index (χ3n) is 4.11. The second kappa shape index (κ2) is 5.29. The van der Waals surface area contributed by atoms with E-state index in [1.54, 1.807) is 6.07 Å². The standard InChI is InChI=1S/C18H21NO3/c1-18(2,3)14-5-4-12-9-19(10-13(12)8-14)11-15-6-7-16(22-15)17(20)21/h4-8H,9-11H2,1-3H3,(H,20,21). The number of aromatic carboxylic acids is 1. The third-order valence-corrected chi connectivity index (χ3v) is 4.11. The minimum absolute atomic E-state index is 0.00160. The van der Waals surface area contributed by atoms with Gasteiger partial charge in [0.1, 0.15) is 5.76 Å². The van der Waals surface area contributed by atoms with Gasteiger partial charge in [-0.15, -0.1) is 0 Å². The van der Waals surface area contributed by atoms with Crippen LogP contribution in [0.1, 0.15) is 53.8 Å². The second-order valence-electron chi connectivity index (χ2n) is 6.95. The average molecular weight is 299 g/mol. The summed E-state index contributed by atoms with van der Waals surface area (Å²) in [5, 5.41) is 8.90. The molecule has 1 aliphatic rings. The van der Waals surface area contributed by atoms with Crippen molar-refractivity contribution in [2.75, 3.05) is 0 Å². The number of benzene rings is 1. The number of carboxylic acid groups (broad SMARTS) is 1. The summed E-state index contributed by atoms with van der Waals surface area (Å²) in [4.78, 5) is 13.1. The molecule has 116 valence electrons. The van der Waals surface area contributed by atoms with Crippen LogP contribution in [-0.2, 0) is 25.0 Å². The number of furan rings is 1. The van der Waals surface area contributed by atoms with E-state index < -0.39 is 5.97 Å². The molecule has 0 aliphatic carbocycles. The van der Waals surface area contributed by atoms with E-state index in [1.165, 1.54) is 22.8 Å². The Balaban J connectivity index is 1.72. The smallest absolute Gasteiger partial charge is 0.371 e. The van der Waals surface area contributed by atoms with Crippen LogP contribution >= 0.6 is 0 Å². The molecule has 1 aromatic heterocycles. The van der Waals surface area contributed by atoms with Crippen LogP contribution in [0.3, 0.4) is 0 Å². The summed E-state index contributed by atoms with van der Waals surface area (Å²) in [5.41, 5.74) is 4.20. The van der Waals surface area contributed by atoms with Crippen LogP contribution in [0.2, 0.25) is 0 Å². The number of carbonyl (C=O) groups is 1. The number of hydrogen-bond donors (Lipinski definition) is 1. The van der Waals surface area contributed by atoms with Crippen molar-refractivity contribution >= 4 is 5.97 Å². The van der Waals surface area contributed by atoms with Gasteiger partial charge in [-0.2, -0.15) is 0 Å². The van der Waals surface area contributed by atoms with Crippen molar-refractivity contribution in [1.82, 2.24) is 4.90 Å². The van der Waals surface area contributed by atoms with Gasteiger partial charge in [-0.25, -0.2) is 4.79 Å². The Labute approximate surface area is 130 Å². The molecule has 1 aliphatic heterocycles. The first kappa shape index (κ1) is 14.9. The minimum atomic E-state index is -1.02. The predicted molar refractivity (Wildman–Crippen MR) is 83.8 cm³/mol. The van der Waals surface area contributed by atoms with Crippen LogP contribution in [0.15, 0.2) is 34.7 Å². The molecule has 0 fully saturated rings. The zero-order valence-corrected chi connectivity index (χ0v) is 13.2. The Morgan fingerprint density at radius 3 is 2.55 bits per heavy atom. The summed E-state index contributed by atoms with van der Waals surface area (Å²) in [6, 6.07) is 9.96. The van der Waals surface area contributed by atoms with E-state index in [4.69, 9.17) is 9.52 Å². The molecule has 0 saturated heterocycles. The Hall–Kier alpha value is -2.07. The third kappa shape index (κ3) is 2.92. The molecule has 1 aromatic carbocycles. The van der Waals surface area contributed by atoms with Crippen molar-refractivity contribution in [3.8, 4) is 0 Å². The van der Waals surface area contributed by atoms with Gasteiger partial charge in [0.25, 0.3) is 0 Å². The van der Waals surface area contributed by atoms with Crippen molar-refractivity contribution in [3.05, 3.63) is 58.5 Å². The molecule has 2 heterocycles. The molecule has 0 unspecified atom stereocenters. The maximum atomic E-state index is 10.9. The van der Waals surface area contributed by atoms with Crippen molar-refractivity contribution in [3.63, 3.8) is 0 Å². The Bertz CT molecular complexity index is 709. The predicted octanol–water partition coefficient (Wildman–Crippen LogP) is 3.79. The molecule has 2 aromatic rings. The molecular formula is C18H21NO3. The SMILES string of the molecule is CC(C)(C)c1ccc2c(c1)CN(Cc1ccc(C(=O)O)o1)C2. The first-order valence-corrected chi connectivity index (χ1v) is 7.49. The van der Waals surface area contributed by atoms with Crippen LogP contribution in [0, 0.1) is 0 Å². The van der Waals surface area contributed by atoms with E-state index in [-0.39, 0.29) is 11.2 Å². The fourth-order valence-corrected chi connectivity index (χ4v) is 2.84. The highest BCUT2D eigenvalue weighted by molar-refractivity contribution is 5.84. The monoisotopic (exact) mass is 299 g/mol. The molecule has 0 spiro atoms. The zero-order chi connectivity index (χ0) is 15.9. The van der Waals surface area contributed by atoms with Gasteiger partial charge in [0.2, 0.25) is 5.76 Å². The van der Waals surface area contributed by atoms with Crippen LogP contribution in [-0.4, -0.2) is 16.0 Å². The lowest BCUT2D eigenvalue weighted by Gasteiger charge is -2.19. The molecule has 3 rings (SSSR count). The lowest BCUT2D eigenvalue weighted by molar-refractivity contribution is 0.0658. The van der Waals surface area contributed by atoms with Crippen molar-refractivity contribution in [1.29, 1.82) is 0 Å². The maximum absolute atomic E-state index is 10.9. The number of hydrogen-bond acceptors (Lipinski definition) is 3. The molecule has 22 heavy (non-hydrogen) atoms. The van der Waals surface area contributed by atoms with Gasteiger partial charge in [-0.3, -0.25) is 4.90 Å². The number of rotatable bonds is 3. The van der Waals surface area contributed by atoms with E-state index in [9.17, 15) is 4.79 Å². The highest BCUT2D eigenvalue weighted by atomic mass is 16.4. The number of fused-ring (bicyclic) bond motifs is 1. The molecular weight excluding hydrogens is 278 g/mol. The van der Waals surface area contributed by atoms with E-state index in [0.29, 0.717) is 12.3 Å². The molecule has 1 N–H and O–H groups in total. The Morgan fingerprint density at radius 2 is 1.91 bits per heavy atom. The van der Waals surface area contributed by atoms with Crippen molar-refractivity contribution < 1.29 is 14.3 Å². The lowest BCUT2D eigenvalue weighted by Crippen LogP contribution is -2.15. The van der Waals surface area contributed by atoms with Crippen LogP contribution in [0.5, 0.6) is 0 Å². The molecule has 0 amide bonds. The average Bonchev–Trinajstić information content (AvgIpc) is 3.03. The molecule has 0 saturated carbocycles. The topological polar surface area (TPSA) is 53.7 Å². The van der Waals surface area contributed by atoms with Crippen molar-refractivity contribution in [2.45, 2.75) is 45.8 Å². The maximum Gasteiger partial charge on any atom is 0.371 e. The number of carboxylic acids is 1. The molecule has 0 radical (unpaired) electrons. The summed E-state index contributed by atoms with van der Waals surface area (Å²) in [7, 11) is 0. The molecule has 4 heteroatoms. The van der Waals surface area contributed by atoms with Gasteiger partial charge < -0.3 is 9.52 Å². The highest BCUT2D eigenvalue weighted by Crippen LogP contribution is 2.30. The first-order chi connectivity index (χ1) is 10.3. The quantitative estimate of drug-likeness (QED) is 0.937. The Kier molecular flexibility index (Phi) is 3.57. The van der Waals surface area contributed by atoms with Crippen LogP contribution in [0.25, 0.3) is 0 Å². The summed E-state index contributed by atoms with van der Waals surface area (Å²) in [5.74, 6) is -0.325. The van der Waals surface area contributed by atoms with E-state index in [2.05, 4.69) is 43.9 Å². The van der Waals surface area contributed by atoms with E-state index in [0.717, 1.165) is 13.1 Å². The summed E-state index contributed by atoms with van der Waals surface area (Å²) in [6.07, 6.45) is 0. The minimum Gasteiger partial charge on any atom is -0.475 e. The van der Waals surface area contributed by atoms with Gasteiger partial charge in [-0.05, 0) is 34.2 Å². The van der Waals surface area contributed by atoms with E-state index >= 15 is 0 Å². The Morgan fingerprint density at radius 1 is 1.18 bits per heavy atom. The van der Waals surface area contributed by atoms with Gasteiger partial charge in [-0.1, -0.05) is 39.0 Å². The summed E-state index contributed by atoms with van der Waals surface area (Å²) < 4.78 is 5.34. The fraction of sp³-hybridized carbons (Fsp3) is 0.389. The lowest BCUT2D eigenvalue weighted by atomic mass is 9.85. The van der Waals surface area contributed by atoms with Crippen LogP contribution < -0.4 is 0 Å². The van der Waals surface area contributed by atoms with Crippen molar-refractivity contribution in [2.24, 2.45) is 0 Å². The van der Waals surface area contributed by atoms with Crippen LogP contribution in [0.4, 0.5) is 0 Å². The van der Waals surface area contributed by atoms with E-state index in [1.807, 2.05) is 0 Å². The van der Waals surface area contributed by atoms with Gasteiger partial charge in [0.15, 0.2) is 0 Å². The van der Waals surface area contributed by atoms with Gasteiger partial charge >= 0.3 is 5.97 Å². The normalized spacial score (nSPS) is 15.0. The highest BCUT2D eigenvalue weighted by Gasteiger charge is 2.23. The summed E-state index contributed by atoms with van der Waals surface area (Å²) in [6.45, 7) is 9.05. The first-order valence-electron chi connectivity index (χ1n) is 7.49. The number of nitrogens with zero attached hydrogens (tertiary/aromatic N) is 1.